The number of aromatic hydroxyl groups is 1. The zero-order chi connectivity index (χ0) is 39.4. The van der Waals surface area contributed by atoms with E-state index in [9.17, 15) is 29.1 Å². The van der Waals surface area contributed by atoms with Crippen LogP contribution in [0.3, 0.4) is 0 Å². The van der Waals surface area contributed by atoms with Gasteiger partial charge in [-0.3, -0.25) is 29.3 Å². The smallest absolute Gasteiger partial charge is 0.255 e. The number of nitrogens with one attached hydrogen (secondary N) is 3. The number of allylic oxidation sites excluding steroid dienone is 1. The minimum atomic E-state index is -0.727. The lowest BCUT2D eigenvalue weighted by molar-refractivity contribution is -0.137. The van der Waals surface area contributed by atoms with Gasteiger partial charge in [-0.15, -0.1) is 11.6 Å². The standard InChI is InChI=1S/C44H45ClN4O7/c45-25-24-34(29-8-3-1-4-9-29)42(30-14-18-32(50)19-15-30)31-16-20-33(21-17-31)56-27-26-46-39(51)12-5-2-6-13-40(52)47-37-11-7-10-35-36(37)28-49(44(35)55)38-22-23-41(53)48-43(38)54/h1,3-4,7-11,14-21,38,50H,2,5-6,12-13,22-28H2,(H,46,51)(H,47,52)(H,48,53,54). The van der Waals surface area contributed by atoms with Crippen molar-refractivity contribution in [1.82, 2.24) is 15.5 Å². The Morgan fingerprint density at radius 2 is 1.50 bits per heavy atom. The average Bonchev–Trinajstić information content (AvgIpc) is 3.54. The van der Waals surface area contributed by atoms with Crippen LogP contribution in [0, 0.1) is 0 Å². The van der Waals surface area contributed by atoms with Gasteiger partial charge in [-0.25, -0.2) is 0 Å². The quantitative estimate of drug-likeness (QED) is 0.0397. The summed E-state index contributed by atoms with van der Waals surface area (Å²) in [5.74, 6) is -0.0907. The Balaban J connectivity index is 0.916. The number of hydrogen-bond acceptors (Lipinski definition) is 7. The molecule has 0 spiro atoms. The number of piperidine rings is 1. The van der Waals surface area contributed by atoms with Gasteiger partial charge >= 0.3 is 0 Å². The van der Waals surface area contributed by atoms with Crippen LogP contribution in [-0.4, -0.2) is 64.6 Å². The Morgan fingerprint density at radius 3 is 2.20 bits per heavy atom. The van der Waals surface area contributed by atoms with Crippen LogP contribution in [0.2, 0.25) is 0 Å². The number of halogens is 1. The van der Waals surface area contributed by atoms with E-state index in [2.05, 4.69) is 28.1 Å². The van der Waals surface area contributed by atoms with Crippen LogP contribution in [0.1, 0.15) is 84.0 Å². The summed E-state index contributed by atoms with van der Waals surface area (Å²) in [7, 11) is 0. The molecule has 6 rings (SSSR count). The van der Waals surface area contributed by atoms with Crippen LogP contribution in [0.4, 0.5) is 5.69 Å². The van der Waals surface area contributed by atoms with Gasteiger partial charge in [0.05, 0.1) is 6.54 Å². The molecule has 2 aliphatic rings. The number of carbonyl (C=O) groups is 5. The summed E-state index contributed by atoms with van der Waals surface area (Å²) in [6.07, 6.45) is 3.60. The third-order valence-corrected chi connectivity index (χ3v) is 10.1. The number of ether oxygens (including phenoxy) is 1. The van der Waals surface area contributed by atoms with Crippen molar-refractivity contribution in [1.29, 1.82) is 0 Å². The van der Waals surface area contributed by atoms with E-state index in [0.29, 0.717) is 73.7 Å². The Kier molecular flexibility index (Phi) is 13.5. The summed E-state index contributed by atoms with van der Waals surface area (Å²) in [4.78, 5) is 63.7. The number of fused-ring (bicyclic) bond motifs is 1. The molecule has 4 N–H and O–H groups in total. The van der Waals surface area contributed by atoms with Crippen molar-refractivity contribution in [2.45, 2.75) is 64.0 Å². The van der Waals surface area contributed by atoms with Crippen LogP contribution in [-0.2, 0) is 25.7 Å². The van der Waals surface area contributed by atoms with Crippen LogP contribution in [0.5, 0.6) is 11.5 Å². The second kappa shape index (κ2) is 19.1. The minimum absolute atomic E-state index is 0.0881. The van der Waals surface area contributed by atoms with Crippen molar-refractivity contribution >= 4 is 58.0 Å². The highest BCUT2D eigenvalue weighted by atomic mass is 35.5. The highest BCUT2D eigenvalue weighted by Crippen LogP contribution is 2.36. The van der Waals surface area contributed by atoms with Crippen LogP contribution in [0.25, 0.3) is 11.1 Å². The molecule has 1 atom stereocenters. The molecule has 0 saturated carbocycles. The maximum absolute atomic E-state index is 13.1. The molecule has 5 amide bonds. The number of amides is 5. The molecule has 1 unspecified atom stereocenters. The molecule has 12 heteroatoms. The topological polar surface area (TPSA) is 154 Å². The van der Waals surface area contributed by atoms with E-state index in [1.165, 1.54) is 4.90 Å². The number of alkyl halides is 1. The van der Waals surface area contributed by atoms with E-state index in [-0.39, 0.29) is 55.2 Å². The second-order valence-electron chi connectivity index (χ2n) is 13.8. The molecule has 2 aliphatic heterocycles. The minimum Gasteiger partial charge on any atom is -0.508 e. The number of anilines is 1. The number of nitrogens with zero attached hydrogens (tertiary/aromatic N) is 1. The summed E-state index contributed by atoms with van der Waals surface area (Å²) >= 11 is 6.27. The fraction of sp³-hybridized carbons (Fsp3) is 0.295. The molecule has 0 aliphatic carbocycles. The number of phenols is 1. The van der Waals surface area contributed by atoms with Gasteiger partial charge in [0.1, 0.15) is 24.1 Å². The fourth-order valence-corrected chi connectivity index (χ4v) is 7.31. The molecule has 1 fully saturated rings. The first-order chi connectivity index (χ1) is 27.2. The van der Waals surface area contributed by atoms with Gasteiger partial charge < -0.3 is 25.4 Å². The molecule has 0 bridgehead atoms. The lowest BCUT2D eigenvalue weighted by atomic mass is 9.88. The van der Waals surface area contributed by atoms with E-state index in [1.807, 2.05) is 54.6 Å². The maximum Gasteiger partial charge on any atom is 0.255 e. The number of unbranched alkanes of at least 4 members (excludes halogenated alkanes) is 2. The molecule has 0 aromatic heterocycles. The first-order valence-corrected chi connectivity index (χ1v) is 19.5. The van der Waals surface area contributed by atoms with Crippen LogP contribution in [0.15, 0.2) is 97.1 Å². The zero-order valence-corrected chi connectivity index (χ0v) is 31.8. The van der Waals surface area contributed by atoms with Gasteiger partial charge in [-0.05, 0) is 89.9 Å². The fourth-order valence-electron chi connectivity index (χ4n) is 7.12. The Hall–Kier alpha value is -5.94. The summed E-state index contributed by atoms with van der Waals surface area (Å²) in [5, 5.41) is 18.0. The molecule has 2 heterocycles. The number of rotatable bonds is 17. The molecule has 1 saturated heterocycles. The van der Waals surface area contributed by atoms with Gasteiger partial charge in [-0.1, -0.05) is 67.1 Å². The first-order valence-electron chi connectivity index (χ1n) is 18.9. The molecule has 11 nitrogen and oxygen atoms in total. The average molecular weight is 777 g/mol. The van der Waals surface area contributed by atoms with E-state index in [1.54, 1.807) is 30.3 Å². The second-order valence-corrected chi connectivity index (χ2v) is 14.1. The van der Waals surface area contributed by atoms with Crippen molar-refractivity contribution in [2.24, 2.45) is 0 Å². The number of hydrogen-bond donors (Lipinski definition) is 4. The lowest BCUT2D eigenvalue weighted by Crippen LogP contribution is -2.52. The van der Waals surface area contributed by atoms with Gasteiger partial charge in [-0.2, -0.15) is 0 Å². The number of phenolic OH excluding ortho intramolecular Hbond substituents is 1. The van der Waals surface area contributed by atoms with Crippen LogP contribution >= 0.6 is 11.6 Å². The summed E-state index contributed by atoms with van der Waals surface area (Å²) in [6.45, 7) is 0.823. The molecule has 4 aromatic carbocycles. The molecular weight excluding hydrogens is 732 g/mol. The molecule has 290 valence electrons. The summed E-state index contributed by atoms with van der Waals surface area (Å²) in [5.41, 5.74) is 6.76. The Morgan fingerprint density at radius 1 is 0.804 bits per heavy atom. The van der Waals surface area contributed by atoms with Gasteiger partial charge in [0.15, 0.2) is 0 Å². The molecule has 56 heavy (non-hydrogen) atoms. The first kappa shape index (κ1) is 39.7. The van der Waals surface area contributed by atoms with E-state index < -0.39 is 11.9 Å². The van der Waals surface area contributed by atoms with Gasteiger partial charge in [0.2, 0.25) is 23.6 Å². The normalized spacial score (nSPS) is 15.5. The third kappa shape index (κ3) is 10.0. The van der Waals surface area contributed by atoms with E-state index in [0.717, 1.165) is 27.8 Å². The molecule has 0 radical (unpaired) electrons. The number of imide groups is 1. The third-order valence-electron chi connectivity index (χ3n) is 9.92. The lowest BCUT2D eigenvalue weighted by Gasteiger charge is -2.29. The Bertz CT molecular complexity index is 2080. The van der Waals surface area contributed by atoms with Crippen molar-refractivity contribution in [3.8, 4) is 11.5 Å². The predicted molar refractivity (Wildman–Crippen MR) is 215 cm³/mol. The largest absolute Gasteiger partial charge is 0.508 e. The SMILES string of the molecule is O=C(CCCCCC(=O)Nc1cccc2c1CN(C1CCC(=O)NC1=O)C2=O)NCCOc1ccc(C(=C(CCCl)c2ccccc2)c2ccc(O)cc2)cc1. The number of carbonyl (C=O) groups excluding carboxylic acids is 5. The van der Waals surface area contributed by atoms with Crippen LogP contribution < -0.4 is 20.7 Å². The Labute approximate surface area is 331 Å². The molecule has 4 aromatic rings. The maximum atomic E-state index is 13.1. The van der Waals surface area contributed by atoms with Crippen molar-refractivity contribution in [2.75, 3.05) is 24.3 Å². The highest BCUT2D eigenvalue weighted by Gasteiger charge is 2.40. The van der Waals surface area contributed by atoms with Gasteiger partial charge in [0, 0.05) is 48.5 Å². The zero-order valence-electron chi connectivity index (χ0n) is 31.0. The van der Waals surface area contributed by atoms with E-state index >= 15 is 0 Å². The molecular formula is C44H45ClN4O7. The monoisotopic (exact) mass is 776 g/mol. The predicted octanol–water partition coefficient (Wildman–Crippen LogP) is 6.83. The number of benzene rings is 4. The van der Waals surface area contributed by atoms with Crippen molar-refractivity contribution in [3.63, 3.8) is 0 Å². The summed E-state index contributed by atoms with van der Waals surface area (Å²) < 4.78 is 5.92. The summed E-state index contributed by atoms with van der Waals surface area (Å²) in [6, 6.07) is 29.4. The van der Waals surface area contributed by atoms with Gasteiger partial charge in [0.25, 0.3) is 5.91 Å². The van der Waals surface area contributed by atoms with Crippen molar-refractivity contribution in [3.05, 3.63) is 125 Å². The van der Waals surface area contributed by atoms with E-state index in [4.69, 9.17) is 16.3 Å². The van der Waals surface area contributed by atoms with Crippen molar-refractivity contribution < 1.29 is 33.8 Å². The highest BCUT2D eigenvalue weighted by molar-refractivity contribution is 6.18.